The Balaban J connectivity index is 2.15. The fourth-order valence-corrected chi connectivity index (χ4v) is 2.09. The maximum absolute atomic E-state index is 12.1. The molecule has 0 unspecified atom stereocenters. The summed E-state index contributed by atoms with van der Waals surface area (Å²) in [6, 6.07) is 10.0. The number of unbranched alkanes of at least 4 members (excludes halogenated alkanes) is 1. The van der Waals surface area contributed by atoms with Gasteiger partial charge in [-0.25, -0.2) is 9.78 Å². The average Bonchev–Trinajstić information content (AvgIpc) is 2.50. The minimum atomic E-state index is -1.02. The number of hydrogen-bond donors (Lipinski definition) is 2. The number of aliphatic carboxylic acids is 1. The van der Waals surface area contributed by atoms with Gasteiger partial charge in [0, 0.05) is 5.39 Å². The van der Waals surface area contributed by atoms with Crippen molar-refractivity contribution in [2.24, 2.45) is 0 Å². The van der Waals surface area contributed by atoms with Crippen LogP contribution in [0.2, 0.25) is 0 Å². The number of carboxylic acid groups (broad SMARTS) is 1. The van der Waals surface area contributed by atoms with Crippen LogP contribution in [-0.4, -0.2) is 28.0 Å². The van der Waals surface area contributed by atoms with Gasteiger partial charge in [0.2, 0.25) is 0 Å². The molecule has 2 N–H and O–H groups in total. The predicted molar refractivity (Wildman–Crippen MR) is 80.2 cm³/mol. The summed E-state index contributed by atoms with van der Waals surface area (Å²) in [5.41, 5.74) is 0.946. The van der Waals surface area contributed by atoms with Crippen molar-refractivity contribution in [3.8, 4) is 0 Å². The molecule has 0 bridgehead atoms. The summed E-state index contributed by atoms with van der Waals surface area (Å²) in [4.78, 5) is 27.5. The zero-order valence-electron chi connectivity index (χ0n) is 11.9. The van der Waals surface area contributed by atoms with E-state index in [1.165, 1.54) is 0 Å². The van der Waals surface area contributed by atoms with Gasteiger partial charge in [-0.15, -0.1) is 0 Å². The molecule has 2 aromatic rings. The second kappa shape index (κ2) is 6.83. The average molecular weight is 286 g/mol. The van der Waals surface area contributed by atoms with Crippen molar-refractivity contribution < 1.29 is 14.7 Å². The van der Waals surface area contributed by atoms with E-state index in [1.807, 2.05) is 31.2 Å². The lowest BCUT2D eigenvalue weighted by molar-refractivity contribution is -0.139. The van der Waals surface area contributed by atoms with Crippen LogP contribution < -0.4 is 5.32 Å². The lowest BCUT2D eigenvalue weighted by atomic mass is 10.1. The predicted octanol–water partition coefficient (Wildman–Crippen LogP) is 2.61. The highest BCUT2D eigenvalue weighted by molar-refractivity contribution is 5.96. The number of nitrogens with zero attached hydrogens (tertiary/aromatic N) is 1. The Morgan fingerprint density at radius 3 is 2.71 bits per heavy atom. The summed E-state index contributed by atoms with van der Waals surface area (Å²) < 4.78 is 0. The van der Waals surface area contributed by atoms with Crippen LogP contribution >= 0.6 is 0 Å². The Kier molecular flexibility index (Phi) is 4.87. The van der Waals surface area contributed by atoms with E-state index in [1.54, 1.807) is 12.1 Å². The van der Waals surface area contributed by atoms with E-state index in [-0.39, 0.29) is 5.69 Å². The Bertz CT molecular complexity index is 655. The third-order valence-corrected chi connectivity index (χ3v) is 3.28. The largest absolute Gasteiger partial charge is 0.480 e. The van der Waals surface area contributed by atoms with Crippen molar-refractivity contribution in [1.82, 2.24) is 10.3 Å². The molecule has 1 amide bonds. The second-order valence-electron chi connectivity index (χ2n) is 4.90. The summed E-state index contributed by atoms with van der Waals surface area (Å²) in [6.07, 6.45) is 2.06. The number of hydrogen-bond acceptors (Lipinski definition) is 3. The summed E-state index contributed by atoms with van der Waals surface area (Å²) in [5, 5.41) is 12.6. The molecular formula is C16H18N2O3. The van der Waals surface area contributed by atoms with Crippen LogP contribution in [0, 0.1) is 0 Å². The molecule has 1 atom stereocenters. The molecule has 1 aromatic carbocycles. The first-order valence-electron chi connectivity index (χ1n) is 7.01. The van der Waals surface area contributed by atoms with E-state index in [4.69, 9.17) is 5.11 Å². The first-order valence-corrected chi connectivity index (χ1v) is 7.01. The molecule has 0 aliphatic heterocycles. The molecule has 21 heavy (non-hydrogen) atoms. The number of fused-ring (bicyclic) bond motifs is 1. The van der Waals surface area contributed by atoms with Gasteiger partial charge in [-0.1, -0.05) is 44.0 Å². The smallest absolute Gasteiger partial charge is 0.326 e. The highest BCUT2D eigenvalue weighted by atomic mass is 16.4. The Morgan fingerprint density at radius 2 is 2.00 bits per heavy atom. The molecule has 0 saturated heterocycles. The van der Waals surface area contributed by atoms with Gasteiger partial charge < -0.3 is 10.4 Å². The van der Waals surface area contributed by atoms with Crippen LogP contribution in [0.15, 0.2) is 36.4 Å². The maximum Gasteiger partial charge on any atom is 0.326 e. The highest BCUT2D eigenvalue weighted by Crippen LogP contribution is 2.12. The van der Waals surface area contributed by atoms with E-state index in [2.05, 4.69) is 10.3 Å². The summed E-state index contributed by atoms with van der Waals surface area (Å²) in [6.45, 7) is 1.98. The number of rotatable bonds is 6. The van der Waals surface area contributed by atoms with Gasteiger partial charge in [0.1, 0.15) is 11.7 Å². The zero-order chi connectivity index (χ0) is 15.2. The standard InChI is InChI=1S/C16H18N2O3/c1-2-3-7-14(16(20)21)18-15(19)13-10-9-11-6-4-5-8-12(11)17-13/h4-6,8-10,14H,2-3,7H2,1H3,(H,18,19)(H,20,21)/t14-/m0/s1. The molecule has 5 heteroatoms. The van der Waals surface area contributed by atoms with Gasteiger partial charge in [-0.2, -0.15) is 0 Å². The quantitative estimate of drug-likeness (QED) is 0.855. The van der Waals surface area contributed by atoms with Crippen molar-refractivity contribution in [2.45, 2.75) is 32.2 Å². The molecule has 5 nitrogen and oxygen atoms in total. The number of carbonyl (C=O) groups is 2. The van der Waals surface area contributed by atoms with Crippen LogP contribution in [0.3, 0.4) is 0 Å². The number of aromatic nitrogens is 1. The monoisotopic (exact) mass is 286 g/mol. The molecule has 0 spiro atoms. The molecule has 1 heterocycles. The van der Waals surface area contributed by atoms with Gasteiger partial charge in [0.05, 0.1) is 5.52 Å². The summed E-state index contributed by atoms with van der Waals surface area (Å²) >= 11 is 0. The van der Waals surface area contributed by atoms with E-state index in [9.17, 15) is 9.59 Å². The van der Waals surface area contributed by atoms with Gasteiger partial charge >= 0.3 is 5.97 Å². The van der Waals surface area contributed by atoms with E-state index in [0.717, 1.165) is 18.2 Å². The van der Waals surface area contributed by atoms with Crippen molar-refractivity contribution >= 4 is 22.8 Å². The molecule has 0 aliphatic carbocycles. The minimum absolute atomic E-state index is 0.233. The lowest BCUT2D eigenvalue weighted by Crippen LogP contribution is -2.41. The molecule has 0 radical (unpaired) electrons. The van der Waals surface area contributed by atoms with Gasteiger partial charge in [-0.05, 0) is 18.6 Å². The van der Waals surface area contributed by atoms with Gasteiger partial charge in [0.25, 0.3) is 5.91 Å². The third kappa shape index (κ3) is 3.78. The van der Waals surface area contributed by atoms with Crippen molar-refractivity contribution in [2.75, 3.05) is 0 Å². The first-order chi connectivity index (χ1) is 10.1. The topological polar surface area (TPSA) is 79.3 Å². The fraction of sp³-hybridized carbons (Fsp3) is 0.312. The van der Waals surface area contributed by atoms with Gasteiger partial charge in [-0.3, -0.25) is 4.79 Å². The number of pyridine rings is 1. The van der Waals surface area contributed by atoms with Crippen molar-refractivity contribution in [3.05, 3.63) is 42.1 Å². The maximum atomic E-state index is 12.1. The van der Waals surface area contributed by atoms with Crippen molar-refractivity contribution in [1.29, 1.82) is 0 Å². The molecule has 1 aromatic heterocycles. The van der Waals surface area contributed by atoms with Crippen LogP contribution in [0.1, 0.15) is 36.7 Å². The molecule has 0 aliphatic rings. The number of carboxylic acids is 1. The van der Waals surface area contributed by atoms with E-state index < -0.39 is 17.9 Å². The Labute approximate surface area is 123 Å². The summed E-state index contributed by atoms with van der Waals surface area (Å²) in [5.74, 6) is -1.47. The van der Waals surface area contributed by atoms with E-state index in [0.29, 0.717) is 11.9 Å². The summed E-state index contributed by atoms with van der Waals surface area (Å²) in [7, 11) is 0. The van der Waals surface area contributed by atoms with Gasteiger partial charge in [0.15, 0.2) is 0 Å². The molecule has 0 saturated carbocycles. The number of amides is 1. The van der Waals surface area contributed by atoms with Crippen molar-refractivity contribution in [3.63, 3.8) is 0 Å². The molecule has 110 valence electrons. The fourth-order valence-electron chi connectivity index (χ4n) is 2.09. The number of carbonyl (C=O) groups excluding carboxylic acids is 1. The van der Waals surface area contributed by atoms with Crippen LogP contribution in [0.5, 0.6) is 0 Å². The zero-order valence-corrected chi connectivity index (χ0v) is 11.9. The third-order valence-electron chi connectivity index (χ3n) is 3.28. The number of benzene rings is 1. The van der Waals surface area contributed by atoms with Crippen LogP contribution in [0.4, 0.5) is 0 Å². The minimum Gasteiger partial charge on any atom is -0.480 e. The SMILES string of the molecule is CCCC[C@H](NC(=O)c1ccc2ccccc2n1)C(=O)O. The molecule has 0 fully saturated rings. The number of nitrogens with one attached hydrogen (secondary N) is 1. The molecular weight excluding hydrogens is 268 g/mol. The van der Waals surface area contributed by atoms with Crippen LogP contribution in [0.25, 0.3) is 10.9 Å². The van der Waals surface area contributed by atoms with Crippen LogP contribution in [-0.2, 0) is 4.79 Å². The highest BCUT2D eigenvalue weighted by Gasteiger charge is 2.20. The van der Waals surface area contributed by atoms with E-state index >= 15 is 0 Å². The number of para-hydroxylation sites is 1. The molecule has 2 rings (SSSR count). The second-order valence-corrected chi connectivity index (χ2v) is 4.90. The lowest BCUT2D eigenvalue weighted by Gasteiger charge is -2.13. The Morgan fingerprint density at radius 1 is 1.24 bits per heavy atom. The first kappa shape index (κ1) is 15.0. The Hall–Kier alpha value is -2.43. The normalized spacial score (nSPS) is 12.0.